The van der Waals surface area contributed by atoms with Gasteiger partial charge in [-0.3, -0.25) is 4.79 Å². The highest BCUT2D eigenvalue weighted by Gasteiger charge is 2.14. The van der Waals surface area contributed by atoms with Crippen molar-refractivity contribution < 1.29 is 9.90 Å². The largest absolute Gasteiger partial charge is 0.392 e. The van der Waals surface area contributed by atoms with Crippen LogP contribution in [0, 0.1) is 0 Å². The highest BCUT2D eigenvalue weighted by Crippen LogP contribution is 2.36. The van der Waals surface area contributed by atoms with E-state index in [4.69, 9.17) is 0 Å². The van der Waals surface area contributed by atoms with Crippen molar-refractivity contribution in [3.05, 3.63) is 71.8 Å². The number of aliphatic hydroxyl groups is 1. The predicted octanol–water partition coefficient (Wildman–Crippen LogP) is 4.45. The third kappa shape index (κ3) is 1.68. The summed E-state index contributed by atoms with van der Waals surface area (Å²) < 4.78 is 0. The van der Waals surface area contributed by atoms with E-state index in [0.29, 0.717) is 5.56 Å². The molecule has 0 aromatic heterocycles. The normalized spacial score (nSPS) is 11.3. The number of rotatable bonds is 2. The van der Waals surface area contributed by atoms with Gasteiger partial charge in [0.1, 0.15) is 0 Å². The molecule has 22 heavy (non-hydrogen) atoms. The van der Waals surface area contributed by atoms with Crippen molar-refractivity contribution in [2.45, 2.75) is 6.61 Å². The molecule has 0 aliphatic rings. The fourth-order valence-electron chi connectivity index (χ4n) is 3.37. The molecule has 2 nitrogen and oxygen atoms in total. The molecule has 106 valence electrons. The average molecular weight is 286 g/mol. The van der Waals surface area contributed by atoms with Crippen LogP contribution in [0.5, 0.6) is 0 Å². The lowest BCUT2D eigenvalue weighted by molar-refractivity contribution is 0.112. The molecule has 4 aromatic rings. The first-order valence-corrected chi connectivity index (χ1v) is 7.26. The first-order valence-electron chi connectivity index (χ1n) is 7.26. The van der Waals surface area contributed by atoms with E-state index in [1.165, 1.54) is 0 Å². The lowest BCUT2D eigenvalue weighted by atomic mass is 9.89. The highest BCUT2D eigenvalue weighted by molar-refractivity contribution is 6.22. The molecule has 0 radical (unpaired) electrons. The maximum absolute atomic E-state index is 11.8. The van der Waals surface area contributed by atoms with Gasteiger partial charge in [0, 0.05) is 10.9 Å². The third-order valence-electron chi connectivity index (χ3n) is 4.34. The van der Waals surface area contributed by atoms with Gasteiger partial charge >= 0.3 is 0 Å². The van der Waals surface area contributed by atoms with Crippen LogP contribution in [0.4, 0.5) is 0 Å². The van der Waals surface area contributed by atoms with Crippen molar-refractivity contribution in [3.8, 4) is 0 Å². The van der Waals surface area contributed by atoms with E-state index < -0.39 is 0 Å². The SMILES string of the molecule is O=Cc1c2ccccc2c(CO)c2ccc3ccccc3c12. The number of hydrogen-bond acceptors (Lipinski definition) is 2. The number of aliphatic hydroxyl groups excluding tert-OH is 1. The molecule has 0 bridgehead atoms. The van der Waals surface area contributed by atoms with Crippen LogP contribution in [-0.2, 0) is 6.61 Å². The molecule has 0 unspecified atom stereocenters. The molecule has 0 aliphatic carbocycles. The van der Waals surface area contributed by atoms with Gasteiger partial charge in [0.05, 0.1) is 6.61 Å². The lowest BCUT2D eigenvalue weighted by Crippen LogP contribution is -1.95. The average Bonchev–Trinajstić information content (AvgIpc) is 2.59. The number of carbonyl (C=O) groups is 1. The van der Waals surface area contributed by atoms with Crippen LogP contribution < -0.4 is 0 Å². The summed E-state index contributed by atoms with van der Waals surface area (Å²) >= 11 is 0. The minimum atomic E-state index is -0.0471. The van der Waals surface area contributed by atoms with Gasteiger partial charge in [-0.2, -0.15) is 0 Å². The van der Waals surface area contributed by atoms with E-state index in [-0.39, 0.29) is 6.61 Å². The Hall–Kier alpha value is -2.71. The van der Waals surface area contributed by atoms with Crippen LogP contribution in [0.25, 0.3) is 32.3 Å². The third-order valence-corrected chi connectivity index (χ3v) is 4.34. The first-order chi connectivity index (χ1) is 10.8. The number of hydrogen-bond donors (Lipinski definition) is 1. The Bertz CT molecular complexity index is 1030. The standard InChI is InChI=1S/C20H14O2/c21-11-18-15-7-3-4-8-16(15)19(12-22)20-14-6-2-1-5-13(14)9-10-17(18)20/h1-10,12,21H,11H2. The summed E-state index contributed by atoms with van der Waals surface area (Å²) in [7, 11) is 0. The van der Waals surface area contributed by atoms with Gasteiger partial charge < -0.3 is 5.11 Å². The first kappa shape index (κ1) is 13.0. The summed E-state index contributed by atoms with van der Waals surface area (Å²) in [5.41, 5.74) is 1.57. The van der Waals surface area contributed by atoms with Crippen LogP contribution in [0.2, 0.25) is 0 Å². The second-order valence-corrected chi connectivity index (χ2v) is 5.42. The molecule has 0 heterocycles. The Labute approximate surface area is 127 Å². The molecule has 0 atom stereocenters. The Morgan fingerprint density at radius 3 is 2.18 bits per heavy atom. The van der Waals surface area contributed by atoms with Crippen LogP contribution >= 0.6 is 0 Å². The molecule has 4 rings (SSSR count). The summed E-state index contributed by atoms with van der Waals surface area (Å²) in [6.45, 7) is -0.0471. The maximum atomic E-state index is 11.8. The number of carbonyl (C=O) groups excluding carboxylic acids is 1. The molecule has 4 aromatic carbocycles. The molecule has 0 saturated carbocycles. The molecule has 0 saturated heterocycles. The lowest BCUT2D eigenvalue weighted by Gasteiger charge is -2.14. The Balaban J connectivity index is 2.39. The Kier molecular flexibility index (Phi) is 2.91. The Morgan fingerprint density at radius 1 is 0.773 bits per heavy atom. The van der Waals surface area contributed by atoms with E-state index in [1.54, 1.807) is 0 Å². The van der Waals surface area contributed by atoms with Crippen molar-refractivity contribution in [2.24, 2.45) is 0 Å². The van der Waals surface area contributed by atoms with Crippen molar-refractivity contribution in [2.75, 3.05) is 0 Å². The van der Waals surface area contributed by atoms with Gasteiger partial charge in [0.2, 0.25) is 0 Å². The number of fused-ring (bicyclic) bond motifs is 4. The highest BCUT2D eigenvalue weighted by atomic mass is 16.3. The molecular formula is C20H14O2. The van der Waals surface area contributed by atoms with Crippen molar-refractivity contribution in [1.82, 2.24) is 0 Å². The topological polar surface area (TPSA) is 37.3 Å². The van der Waals surface area contributed by atoms with Gasteiger partial charge in [-0.1, -0.05) is 60.7 Å². The molecule has 0 amide bonds. The van der Waals surface area contributed by atoms with Crippen LogP contribution in [0.3, 0.4) is 0 Å². The van der Waals surface area contributed by atoms with Gasteiger partial charge in [-0.15, -0.1) is 0 Å². The predicted molar refractivity (Wildman–Crippen MR) is 90.3 cm³/mol. The van der Waals surface area contributed by atoms with Crippen molar-refractivity contribution in [3.63, 3.8) is 0 Å². The van der Waals surface area contributed by atoms with E-state index in [0.717, 1.165) is 44.2 Å². The number of aldehydes is 1. The quantitative estimate of drug-likeness (QED) is 0.336. The van der Waals surface area contributed by atoms with Crippen molar-refractivity contribution in [1.29, 1.82) is 0 Å². The zero-order valence-corrected chi connectivity index (χ0v) is 11.9. The fraction of sp³-hybridized carbons (Fsp3) is 0.0500. The second-order valence-electron chi connectivity index (χ2n) is 5.42. The van der Waals surface area contributed by atoms with Gasteiger partial charge in [-0.25, -0.2) is 0 Å². The summed E-state index contributed by atoms with van der Waals surface area (Å²) in [6, 6.07) is 19.8. The van der Waals surface area contributed by atoms with Gasteiger partial charge in [0.25, 0.3) is 0 Å². The van der Waals surface area contributed by atoms with Crippen LogP contribution in [-0.4, -0.2) is 11.4 Å². The molecule has 1 N–H and O–H groups in total. The smallest absolute Gasteiger partial charge is 0.151 e. The molecule has 0 aliphatic heterocycles. The summed E-state index contributed by atoms with van der Waals surface area (Å²) in [6.07, 6.45) is 0.929. The molecule has 0 spiro atoms. The zero-order chi connectivity index (χ0) is 15.1. The van der Waals surface area contributed by atoms with Crippen molar-refractivity contribution >= 4 is 38.6 Å². The Morgan fingerprint density at radius 2 is 1.45 bits per heavy atom. The summed E-state index contributed by atoms with van der Waals surface area (Å²) in [5, 5.41) is 15.7. The zero-order valence-electron chi connectivity index (χ0n) is 11.9. The molecular weight excluding hydrogens is 272 g/mol. The fourth-order valence-corrected chi connectivity index (χ4v) is 3.37. The summed E-state index contributed by atoms with van der Waals surface area (Å²) in [5.74, 6) is 0. The van der Waals surface area contributed by atoms with E-state index in [9.17, 15) is 9.90 Å². The summed E-state index contributed by atoms with van der Waals surface area (Å²) in [4.78, 5) is 11.8. The van der Waals surface area contributed by atoms with Gasteiger partial charge in [-0.05, 0) is 32.5 Å². The molecule has 2 heteroatoms. The van der Waals surface area contributed by atoms with E-state index >= 15 is 0 Å². The van der Waals surface area contributed by atoms with Crippen LogP contribution in [0.1, 0.15) is 15.9 Å². The minimum absolute atomic E-state index is 0.0471. The van der Waals surface area contributed by atoms with Gasteiger partial charge in [0.15, 0.2) is 6.29 Å². The van der Waals surface area contributed by atoms with Crippen LogP contribution in [0.15, 0.2) is 60.7 Å². The van der Waals surface area contributed by atoms with E-state index in [2.05, 4.69) is 0 Å². The maximum Gasteiger partial charge on any atom is 0.151 e. The monoisotopic (exact) mass is 286 g/mol. The second kappa shape index (κ2) is 4.93. The molecule has 0 fully saturated rings. The van der Waals surface area contributed by atoms with E-state index in [1.807, 2.05) is 60.7 Å². The minimum Gasteiger partial charge on any atom is -0.392 e. The number of benzene rings is 4.